The van der Waals surface area contributed by atoms with Crippen molar-refractivity contribution in [3.8, 4) is 0 Å². The van der Waals surface area contributed by atoms with Gasteiger partial charge in [-0.3, -0.25) is 4.72 Å². The quantitative estimate of drug-likeness (QED) is 0.891. The average molecular weight is 308 g/mol. The molecule has 0 unspecified atom stereocenters. The van der Waals surface area contributed by atoms with Crippen LogP contribution in [0.3, 0.4) is 0 Å². The fourth-order valence-corrected chi connectivity index (χ4v) is 3.17. The fourth-order valence-electron chi connectivity index (χ4n) is 1.91. The molecule has 0 aliphatic rings. The van der Waals surface area contributed by atoms with E-state index in [9.17, 15) is 12.8 Å². The third-order valence-corrected chi connectivity index (χ3v) is 4.39. The SMILES string of the molecule is Cc1c(F)cccc1NS(=O)(=O)Cc1ccc(CN)cc1. The maximum absolute atomic E-state index is 13.4. The summed E-state index contributed by atoms with van der Waals surface area (Å²) in [6.07, 6.45) is 0. The maximum atomic E-state index is 13.4. The molecule has 0 spiro atoms. The number of rotatable bonds is 5. The zero-order valence-corrected chi connectivity index (χ0v) is 12.5. The molecule has 0 bridgehead atoms. The van der Waals surface area contributed by atoms with Crippen molar-refractivity contribution in [3.63, 3.8) is 0 Å². The Balaban J connectivity index is 2.16. The van der Waals surface area contributed by atoms with Crippen LogP contribution in [0.5, 0.6) is 0 Å². The molecule has 2 aromatic carbocycles. The van der Waals surface area contributed by atoms with Gasteiger partial charge in [-0.05, 0) is 30.2 Å². The number of anilines is 1. The van der Waals surface area contributed by atoms with Crippen molar-refractivity contribution in [2.24, 2.45) is 5.73 Å². The van der Waals surface area contributed by atoms with Gasteiger partial charge in [-0.2, -0.15) is 0 Å². The van der Waals surface area contributed by atoms with E-state index in [0.717, 1.165) is 5.56 Å². The number of nitrogens with two attached hydrogens (primary N) is 1. The van der Waals surface area contributed by atoms with Gasteiger partial charge in [-0.15, -0.1) is 0 Å². The van der Waals surface area contributed by atoms with E-state index < -0.39 is 15.8 Å². The first-order chi connectivity index (χ1) is 9.91. The monoisotopic (exact) mass is 308 g/mol. The average Bonchev–Trinajstić information content (AvgIpc) is 2.44. The number of halogens is 1. The van der Waals surface area contributed by atoms with E-state index >= 15 is 0 Å². The second-order valence-electron chi connectivity index (χ2n) is 4.79. The van der Waals surface area contributed by atoms with Crippen molar-refractivity contribution < 1.29 is 12.8 Å². The number of hydrogen-bond acceptors (Lipinski definition) is 3. The first-order valence-corrected chi connectivity index (χ1v) is 8.10. The van der Waals surface area contributed by atoms with Crippen LogP contribution in [0.15, 0.2) is 42.5 Å². The third kappa shape index (κ3) is 4.03. The van der Waals surface area contributed by atoms with Crippen LogP contribution < -0.4 is 10.5 Å². The molecular formula is C15H17FN2O2S. The molecule has 0 aromatic heterocycles. The molecule has 4 nitrogen and oxygen atoms in total. The van der Waals surface area contributed by atoms with Crippen LogP contribution >= 0.6 is 0 Å². The Bertz CT molecular complexity index is 728. The standard InChI is InChI=1S/C15H17FN2O2S/c1-11-14(16)3-2-4-15(11)18-21(19,20)10-13-7-5-12(9-17)6-8-13/h2-8,18H,9-10,17H2,1H3. The highest BCUT2D eigenvalue weighted by atomic mass is 32.2. The summed E-state index contributed by atoms with van der Waals surface area (Å²) >= 11 is 0. The molecule has 0 atom stereocenters. The van der Waals surface area contributed by atoms with E-state index in [2.05, 4.69) is 4.72 Å². The minimum absolute atomic E-state index is 0.173. The van der Waals surface area contributed by atoms with Crippen molar-refractivity contribution in [1.29, 1.82) is 0 Å². The normalized spacial score (nSPS) is 11.4. The summed E-state index contributed by atoms with van der Waals surface area (Å²) in [5.74, 6) is -0.615. The highest BCUT2D eigenvalue weighted by Crippen LogP contribution is 2.20. The van der Waals surface area contributed by atoms with Crippen LogP contribution in [-0.2, 0) is 22.3 Å². The summed E-state index contributed by atoms with van der Waals surface area (Å²) in [6.45, 7) is 1.94. The lowest BCUT2D eigenvalue weighted by molar-refractivity contribution is 0.600. The molecule has 0 aliphatic carbocycles. The highest BCUT2D eigenvalue weighted by Gasteiger charge is 2.14. The predicted octanol–water partition coefficient (Wildman–Crippen LogP) is 2.53. The molecule has 0 fully saturated rings. The van der Waals surface area contributed by atoms with Gasteiger partial charge < -0.3 is 5.73 Å². The Morgan fingerprint density at radius 3 is 2.33 bits per heavy atom. The zero-order valence-electron chi connectivity index (χ0n) is 11.6. The summed E-state index contributed by atoms with van der Waals surface area (Å²) in [4.78, 5) is 0. The number of sulfonamides is 1. The van der Waals surface area contributed by atoms with Gasteiger partial charge in [0, 0.05) is 12.1 Å². The fraction of sp³-hybridized carbons (Fsp3) is 0.200. The molecule has 0 saturated carbocycles. The molecule has 2 aromatic rings. The van der Waals surface area contributed by atoms with Crippen LogP contribution in [0, 0.1) is 12.7 Å². The summed E-state index contributed by atoms with van der Waals surface area (Å²) in [5, 5.41) is 0. The topological polar surface area (TPSA) is 72.2 Å². The summed E-state index contributed by atoms with van der Waals surface area (Å²) in [5.41, 5.74) is 7.61. The lowest BCUT2D eigenvalue weighted by atomic mass is 10.1. The Morgan fingerprint density at radius 1 is 1.10 bits per heavy atom. The van der Waals surface area contributed by atoms with Crippen molar-refractivity contribution in [3.05, 3.63) is 65.0 Å². The largest absolute Gasteiger partial charge is 0.326 e. The van der Waals surface area contributed by atoms with Crippen molar-refractivity contribution in [2.75, 3.05) is 4.72 Å². The van der Waals surface area contributed by atoms with Gasteiger partial charge in [-0.25, -0.2) is 12.8 Å². The molecule has 0 aliphatic heterocycles. The number of nitrogens with one attached hydrogen (secondary N) is 1. The molecule has 0 amide bonds. The van der Waals surface area contributed by atoms with E-state index in [4.69, 9.17) is 5.73 Å². The molecule has 6 heteroatoms. The Kier molecular flexibility index (Phi) is 4.59. The summed E-state index contributed by atoms with van der Waals surface area (Å²) < 4.78 is 40.1. The molecule has 2 rings (SSSR count). The summed E-state index contributed by atoms with van der Waals surface area (Å²) in [6, 6.07) is 11.3. The van der Waals surface area contributed by atoms with Crippen molar-refractivity contribution in [1.82, 2.24) is 0 Å². The third-order valence-electron chi connectivity index (χ3n) is 3.15. The summed E-state index contributed by atoms with van der Waals surface area (Å²) in [7, 11) is -3.59. The van der Waals surface area contributed by atoms with E-state index in [1.165, 1.54) is 25.1 Å². The lowest BCUT2D eigenvalue weighted by Crippen LogP contribution is -2.16. The van der Waals surface area contributed by atoms with Gasteiger partial charge in [0.2, 0.25) is 10.0 Å². The maximum Gasteiger partial charge on any atom is 0.236 e. The van der Waals surface area contributed by atoms with Gasteiger partial charge in [0.05, 0.1) is 11.4 Å². The lowest BCUT2D eigenvalue weighted by Gasteiger charge is -2.11. The zero-order chi connectivity index (χ0) is 15.5. The highest BCUT2D eigenvalue weighted by molar-refractivity contribution is 7.91. The Hall–Kier alpha value is -1.92. The van der Waals surface area contributed by atoms with E-state index in [0.29, 0.717) is 12.1 Å². The van der Waals surface area contributed by atoms with Gasteiger partial charge >= 0.3 is 0 Å². The number of hydrogen-bond donors (Lipinski definition) is 2. The van der Waals surface area contributed by atoms with E-state index in [1.54, 1.807) is 24.3 Å². The van der Waals surface area contributed by atoms with Crippen LogP contribution in [0.2, 0.25) is 0 Å². The second kappa shape index (κ2) is 6.24. The predicted molar refractivity (Wildman–Crippen MR) is 81.7 cm³/mol. The van der Waals surface area contributed by atoms with Gasteiger partial charge in [-0.1, -0.05) is 30.3 Å². The van der Waals surface area contributed by atoms with E-state index in [-0.39, 0.29) is 17.0 Å². The van der Waals surface area contributed by atoms with Crippen LogP contribution in [0.4, 0.5) is 10.1 Å². The minimum Gasteiger partial charge on any atom is -0.326 e. The second-order valence-corrected chi connectivity index (χ2v) is 6.52. The molecule has 3 N–H and O–H groups in total. The van der Waals surface area contributed by atoms with Gasteiger partial charge in [0.25, 0.3) is 0 Å². The van der Waals surface area contributed by atoms with Crippen molar-refractivity contribution >= 4 is 15.7 Å². The molecule has 0 heterocycles. The molecule has 21 heavy (non-hydrogen) atoms. The minimum atomic E-state index is -3.59. The van der Waals surface area contributed by atoms with Crippen LogP contribution in [0.1, 0.15) is 16.7 Å². The van der Waals surface area contributed by atoms with Crippen molar-refractivity contribution in [2.45, 2.75) is 19.2 Å². The molecule has 0 radical (unpaired) electrons. The molecular weight excluding hydrogens is 291 g/mol. The molecule has 0 saturated heterocycles. The first-order valence-electron chi connectivity index (χ1n) is 6.45. The van der Waals surface area contributed by atoms with Gasteiger partial charge in [0.1, 0.15) is 5.82 Å². The van der Waals surface area contributed by atoms with E-state index in [1.807, 2.05) is 0 Å². The Morgan fingerprint density at radius 2 is 1.71 bits per heavy atom. The smallest absolute Gasteiger partial charge is 0.236 e. The van der Waals surface area contributed by atoms with Crippen LogP contribution in [-0.4, -0.2) is 8.42 Å². The Labute approximate surface area is 123 Å². The molecule has 112 valence electrons. The first kappa shape index (κ1) is 15.5. The van der Waals surface area contributed by atoms with Gasteiger partial charge in [0.15, 0.2) is 0 Å². The van der Waals surface area contributed by atoms with Crippen LogP contribution in [0.25, 0.3) is 0 Å². The number of benzene rings is 2.